The number of phenolic OH excluding ortho intramolecular Hbond substituents is 2. The highest BCUT2D eigenvalue weighted by Crippen LogP contribution is 2.41. The molecule has 0 bridgehead atoms. The minimum absolute atomic E-state index is 0.0481. The number of Topliss-reactive ketones (excluding diaryl/α,β-unsaturated/α-hetero) is 1. The summed E-state index contributed by atoms with van der Waals surface area (Å²) in [5.74, 6) is -0.708. The molecule has 3 heterocycles. The van der Waals surface area contributed by atoms with Crippen LogP contribution in [0.1, 0.15) is 15.9 Å². The van der Waals surface area contributed by atoms with Crippen molar-refractivity contribution in [3.8, 4) is 28.4 Å². The van der Waals surface area contributed by atoms with Crippen LogP contribution in [0.3, 0.4) is 0 Å². The molecule has 4 aromatic rings. The topological polar surface area (TPSA) is 87.8 Å². The summed E-state index contributed by atoms with van der Waals surface area (Å²) >= 11 is 0. The van der Waals surface area contributed by atoms with Crippen molar-refractivity contribution in [2.75, 3.05) is 19.0 Å². The Morgan fingerprint density at radius 3 is 2.56 bits per heavy atom. The number of hydrogen-bond acceptors (Lipinski definition) is 6. The molecule has 0 radical (unpaired) electrons. The zero-order valence-corrected chi connectivity index (χ0v) is 17.8. The summed E-state index contributed by atoms with van der Waals surface area (Å²) in [5, 5.41) is 20.7. The summed E-state index contributed by atoms with van der Waals surface area (Å²) in [6.07, 6.45) is 5.31. The molecule has 0 fully saturated rings. The molecular formula is C25H21N3O4. The Bertz CT molecular complexity index is 1420. The van der Waals surface area contributed by atoms with Crippen LogP contribution in [-0.2, 0) is 7.05 Å². The molecule has 2 aromatic carbocycles. The van der Waals surface area contributed by atoms with E-state index in [1.807, 2.05) is 42.9 Å². The Labute approximate surface area is 184 Å². The van der Waals surface area contributed by atoms with Gasteiger partial charge in [0.25, 0.3) is 0 Å². The van der Waals surface area contributed by atoms with E-state index in [4.69, 9.17) is 4.74 Å². The maximum atomic E-state index is 12.9. The number of anilines is 1. The van der Waals surface area contributed by atoms with E-state index in [1.54, 1.807) is 12.3 Å². The second kappa shape index (κ2) is 7.16. The summed E-state index contributed by atoms with van der Waals surface area (Å²) in [5.41, 5.74) is 4.69. The fraction of sp³-hybridized carbons (Fsp3) is 0.120. The summed E-state index contributed by atoms with van der Waals surface area (Å²) in [7, 11) is 5.89. The van der Waals surface area contributed by atoms with E-state index in [-0.39, 0.29) is 28.6 Å². The standard InChI is InChI=1S/C25H21N3O4/c1-27(2)16-6-4-14(5-7-16)18-8-9-26-25-22(18)15(13-28(25)3)10-21-24(31)23-19(30)11-17(29)12-20(23)32-21/h4-13,29-30H,1-3H3/b21-10-. The molecule has 1 aliphatic rings. The first-order valence-electron chi connectivity index (χ1n) is 10.1. The molecule has 160 valence electrons. The number of nitrogens with zero attached hydrogens (tertiary/aromatic N) is 3. The number of aromatic hydroxyl groups is 2. The summed E-state index contributed by atoms with van der Waals surface area (Å²) in [6, 6.07) is 12.6. The molecule has 0 atom stereocenters. The van der Waals surface area contributed by atoms with Crippen molar-refractivity contribution >= 4 is 28.6 Å². The van der Waals surface area contributed by atoms with Gasteiger partial charge < -0.3 is 24.4 Å². The summed E-state index contributed by atoms with van der Waals surface area (Å²) < 4.78 is 7.59. The lowest BCUT2D eigenvalue weighted by Gasteiger charge is -2.13. The van der Waals surface area contributed by atoms with Crippen LogP contribution in [0, 0.1) is 0 Å². The largest absolute Gasteiger partial charge is 0.508 e. The number of hydrogen-bond donors (Lipinski definition) is 2. The second-order valence-electron chi connectivity index (χ2n) is 7.97. The van der Waals surface area contributed by atoms with Crippen LogP contribution in [0.4, 0.5) is 5.69 Å². The van der Waals surface area contributed by atoms with Crippen molar-refractivity contribution in [1.82, 2.24) is 9.55 Å². The van der Waals surface area contributed by atoms with Crippen molar-refractivity contribution < 1.29 is 19.7 Å². The Balaban J connectivity index is 1.65. The maximum absolute atomic E-state index is 12.9. The van der Waals surface area contributed by atoms with Gasteiger partial charge >= 0.3 is 0 Å². The fourth-order valence-electron chi connectivity index (χ4n) is 4.05. The van der Waals surface area contributed by atoms with E-state index in [0.717, 1.165) is 39.5 Å². The van der Waals surface area contributed by atoms with E-state index in [0.29, 0.717) is 0 Å². The Morgan fingerprint density at radius 2 is 1.84 bits per heavy atom. The average Bonchev–Trinajstić information content (AvgIpc) is 3.25. The van der Waals surface area contributed by atoms with E-state index in [1.165, 1.54) is 6.07 Å². The average molecular weight is 427 g/mol. The van der Waals surface area contributed by atoms with Gasteiger partial charge in [0.15, 0.2) is 5.76 Å². The van der Waals surface area contributed by atoms with Gasteiger partial charge in [-0.1, -0.05) is 12.1 Å². The lowest BCUT2D eigenvalue weighted by Crippen LogP contribution is -2.07. The fourth-order valence-corrected chi connectivity index (χ4v) is 4.05. The highest BCUT2D eigenvalue weighted by atomic mass is 16.5. The number of ketones is 1. The molecule has 0 saturated heterocycles. The minimum atomic E-state index is -0.435. The second-order valence-corrected chi connectivity index (χ2v) is 7.97. The molecule has 0 unspecified atom stereocenters. The third kappa shape index (κ3) is 3.06. The van der Waals surface area contributed by atoms with Gasteiger partial charge in [-0.05, 0) is 35.4 Å². The monoisotopic (exact) mass is 427 g/mol. The Kier molecular flexibility index (Phi) is 4.41. The highest BCUT2D eigenvalue weighted by molar-refractivity contribution is 6.17. The van der Waals surface area contributed by atoms with Crippen LogP contribution in [0.25, 0.3) is 28.2 Å². The van der Waals surface area contributed by atoms with E-state index in [9.17, 15) is 15.0 Å². The van der Waals surface area contributed by atoms with Crippen LogP contribution < -0.4 is 9.64 Å². The molecule has 0 spiro atoms. The number of carbonyl (C=O) groups is 1. The molecule has 5 rings (SSSR count). The van der Waals surface area contributed by atoms with Crippen LogP contribution in [0.2, 0.25) is 0 Å². The SMILES string of the molecule is CN(C)c1ccc(-c2ccnc3c2c(/C=C2\Oc4cc(O)cc(O)c4C2=O)cn3C)cc1. The van der Waals surface area contributed by atoms with Crippen LogP contribution in [0.5, 0.6) is 17.2 Å². The Hall–Kier alpha value is -4.26. The predicted molar refractivity (Wildman–Crippen MR) is 123 cm³/mol. The lowest BCUT2D eigenvalue weighted by atomic mass is 10.00. The van der Waals surface area contributed by atoms with Crippen molar-refractivity contribution in [3.05, 3.63) is 71.7 Å². The van der Waals surface area contributed by atoms with Gasteiger partial charge in [-0.3, -0.25) is 4.79 Å². The number of aromatic nitrogens is 2. The number of benzene rings is 2. The minimum Gasteiger partial charge on any atom is -0.508 e. The Morgan fingerprint density at radius 1 is 1.09 bits per heavy atom. The van der Waals surface area contributed by atoms with Gasteiger partial charge in [-0.25, -0.2) is 4.98 Å². The van der Waals surface area contributed by atoms with Crippen molar-refractivity contribution in [2.24, 2.45) is 7.05 Å². The number of carbonyl (C=O) groups excluding carboxylic acids is 1. The van der Waals surface area contributed by atoms with Gasteiger partial charge in [-0.15, -0.1) is 0 Å². The number of aryl methyl sites for hydroxylation is 1. The van der Waals surface area contributed by atoms with Gasteiger partial charge in [-0.2, -0.15) is 0 Å². The molecule has 0 amide bonds. The molecule has 2 aromatic heterocycles. The van der Waals surface area contributed by atoms with E-state index >= 15 is 0 Å². The van der Waals surface area contributed by atoms with Gasteiger partial charge in [0, 0.05) is 62.3 Å². The predicted octanol–water partition coefficient (Wildman–Crippen LogP) is 4.33. The molecular weight excluding hydrogens is 406 g/mol. The molecule has 1 aliphatic heterocycles. The van der Waals surface area contributed by atoms with Gasteiger partial charge in [0.05, 0.1) is 0 Å². The van der Waals surface area contributed by atoms with Crippen molar-refractivity contribution in [3.63, 3.8) is 0 Å². The maximum Gasteiger partial charge on any atom is 0.235 e. The van der Waals surface area contributed by atoms with E-state index < -0.39 is 5.78 Å². The first-order chi connectivity index (χ1) is 15.3. The van der Waals surface area contributed by atoms with Crippen LogP contribution in [-0.4, -0.2) is 39.6 Å². The quantitative estimate of drug-likeness (QED) is 0.473. The molecule has 0 aliphatic carbocycles. The lowest BCUT2D eigenvalue weighted by molar-refractivity contribution is 0.101. The first-order valence-corrected chi connectivity index (χ1v) is 10.1. The molecule has 7 nitrogen and oxygen atoms in total. The first kappa shape index (κ1) is 19.7. The number of phenols is 2. The molecule has 7 heteroatoms. The summed E-state index contributed by atoms with van der Waals surface area (Å²) in [4.78, 5) is 19.4. The van der Waals surface area contributed by atoms with E-state index in [2.05, 4.69) is 29.2 Å². The van der Waals surface area contributed by atoms with Crippen molar-refractivity contribution in [1.29, 1.82) is 0 Å². The van der Waals surface area contributed by atoms with Crippen LogP contribution in [0.15, 0.2) is 60.6 Å². The number of fused-ring (bicyclic) bond motifs is 2. The number of allylic oxidation sites excluding steroid dienone is 1. The van der Waals surface area contributed by atoms with Crippen LogP contribution >= 0.6 is 0 Å². The zero-order chi connectivity index (χ0) is 22.6. The highest BCUT2D eigenvalue weighted by Gasteiger charge is 2.31. The molecule has 2 N–H and O–H groups in total. The summed E-state index contributed by atoms with van der Waals surface area (Å²) in [6.45, 7) is 0. The number of pyridine rings is 1. The van der Waals surface area contributed by atoms with Gasteiger partial charge in [0.2, 0.25) is 5.78 Å². The molecule has 0 saturated carbocycles. The third-order valence-electron chi connectivity index (χ3n) is 5.60. The normalized spacial score (nSPS) is 14.1. The number of ether oxygens (including phenoxy) is 1. The van der Waals surface area contributed by atoms with Crippen molar-refractivity contribution in [2.45, 2.75) is 0 Å². The molecule has 32 heavy (non-hydrogen) atoms. The third-order valence-corrected chi connectivity index (χ3v) is 5.60. The zero-order valence-electron chi connectivity index (χ0n) is 17.8. The number of rotatable bonds is 3. The smallest absolute Gasteiger partial charge is 0.235 e. The van der Waals surface area contributed by atoms with Gasteiger partial charge in [0.1, 0.15) is 28.5 Å².